The minimum absolute atomic E-state index is 0.0282. The predicted molar refractivity (Wildman–Crippen MR) is 59.6 cm³/mol. The standard InChI is InChI=1S/C12H10N2O3/c15-7-13-12(3-4-12)8-1-2-9-10(5-8)17-6-11(16)14-9/h1-2,5H,3-4,6H2,(H,14,16). The van der Waals surface area contributed by atoms with Crippen molar-refractivity contribution in [1.29, 1.82) is 0 Å². The number of fused-ring (bicyclic) bond motifs is 1. The van der Waals surface area contributed by atoms with Gasteiger partial charge in [-0.2, -0.15) is 4.99 Å². The summed E-state index contributed by atoms with van der Waals surface area (Å²) in [5.74, 6) is 0.478. The Hall–Kier alpha value is -2.13. The molecule has 0 aromatic heterocycles. The molecule has 0 unspecified atom stereocenters. The van der Waals surface area contributed by atoms with Crippen molar-refractivity contribution in [3.05, 3.63) is 23.8 Å². The topological polar surface area (TPSA) is 67.8 Å². The molecule has 1 aromatic rings. The second kappa shape index (κ2) is 3.43. The van der Waals surface area contributed by atoms with Gasteiger partial charge in [-0.3, -0.25) is 4.79 Å². The van der Waals surface area contributed by atoms with Crippen molar-refractivity contribution < 1.29 is 14.3 Å². The number of carbonyl (C=O) groups excluding carboxylic acids is 2. The van der Waals surface area contributed by atoms with Crippen LogP contribution in [0.5, 0.6) is 5.75 Å². The quantitative estimate of drug-likeness (QED) is 0.615. The molecule has 5 heteroatoms. The van der Waals surface area contributed by atoms with Crippen molar-refractivity contribution >= 4 is 17.7 Å². The molecule has 0 radical (unpaired) electrons. The van der Waals surface area contributed by atoms with Crippen LogP contribution in [0, 0.1) is 0 Å². The first-order chi connectivity index (χ1) is 8.23. The molecule has 2 aliphatic rings. The molecule has 1 aromatic carbocycles. The summed E-state index contributed by atoms with van der Waals surface area (Å²) in [6, 6.07) is 5.48. The van der Waals surface area contributed by atoms with Crippen LogP contribution < -0.4 is 10.1 Å². The molecule has 3 rings (SSSR count). The number of hydrogen-bond donors (Lipinski definition) is 1. The zero-order valence-electron chi connectivity index (χ0n) is 9.03. The molecular weight excluding hydrogens is 220 g/mol. The van der Waals surface area contributed by atoms with E-state index in [1.165, 1.54) is 0 Å². The molecular formula is C12H10N2O3. The Kier molecular flexibility index (Phi) is 2.03. The van der Waals surface area contributed by atoms with Crippen molar-refractivity contribution in [3.8, 4) is 5.75 Å². The molecule has 1 N–H and O–H groups in total. The number of ether oxygens (including phenoxy) is 1. The lowest BCUT2D eigenvalue weighted by atomic mass is 10.0. The van der Waals surface area contributed by atoms with Gasteiger partial charge in [0.15, 0.2) is 6.61 Å². The Morgan fingerprint density at radius 1 is 1.41 bits per heavy atom. The van der Waals surface area contributed by atoms with Gasteiger partial charge in [-0.1, -0.05) is 6.07 Å². The summed E-state index contributed by atoms with van der Waals surface area (Å²) in [6.07, 6.45) is 3.33. The molecule has 0 bridgehead atoms. The van der Waals surface area contributed by atoms with Gasteiger partial charge in [-0.15, -0.1) is 0 Å². The highest BCUT2D eigenvalue weighted by molar-refractivity contribution is 5.95. The zero-order valence-corrected chi connectivity index (χ0v) is 9.03. The highest BCUT2D eigenvalue weighted by Gasteiger charge is 2.45. The number of hydrogen-bond acceptors (Lipinski definition) is 4. The average Bonchev–Trinajstić information content (AvgIpc) is 3.10. The fourth-order valence-corrected chi connectivity index (χ4v) is 2.03. The molecule has 1 fully saturated rings. The van der Waals surface area contributed by atoms with Gasteiger partial charge in [0.25, 0.3) is 5.91 Å². The van der Waals surface area contributed by atoms with Gasteiger partial charge in [-0.25, -0.2) is 4.79 Å². The van der Waals surface area contributed by atoms with Gasteiger partial charge in [0.05, 0.1) is 11.2 Å². The first-order valence-electron chi connectivity index (χ1n) is 5.40. The van der Waals surface area contributed by atoms with Crippen LogP contribution in [0.4, 0.5) is 5.69 Å². The third-order valence-corrected chi connectivity index (χ3v) is 3.14. The summed E-state index contributed by atoms with van der Waals surface area (Å²) < 4.78 is 5.33. The Morgan fingerprint density at radius 3 is 2.94 bits per heavy atom. The van der Waals surface area contributed by atoms with Crippen LogP contribution in [0.2, 0.25) is 0 Å². The van der Waals surface area contributed by atoms with Gasteiger partial charge in [0.2, 0.25) is 6.08 Å². The van der Waals surface area contributed by atoms with E-state index in [1.54, 1.807) is 12.1 Å². The number of carbonyl (C=O) groups is 1. The van der Waals surface area contributed by atoms with E-state index < -0.39 is 5.54 Å². The number of amides is 1. The Balaban J connectivity index is 1.99. The van der Waals surface area contributed by atoms with Crippen LogP contribution in [0.15, 0.2) is 23.2 Å². The number of nitrogens with one attached hydrogen (secondary N) is 1. The van der Waals surface area contributed by atoms with Crippen molar-refractivity contribution in [1.82, 2.24) is 0 Å². The van der Waals surface area contributed by atoms with Crippen molar-refractivity contribution in [3.63, 3.8) is 0 Å². The number of aliphatic imine (C=N–C) groups is 1. The number of benzene rings is 1. The molecule has 5 nitrogen and oxygen atoms in total. The Morgan fingerprint density at radius 2 is 2.24 bits per heavy atom. The molecule has 17 heavy (non-hydrogen) atoms. The van der Waals surface area contributed by atoms with E-state index in [1.807, 2.05) is 12.1 Å². The summed E-state index contributed by atoms with van der Waals surface area (Å²) in [5, 5.41) is 2.72. The number of anilines is 1. The van der Waals surface area contributed by atoms with E-state index in [4.69, 9.17) is 4.74 Å². The molecule has 1 saturated carbocycles. The highest BCUT2D eigenvalue weighted by atomic mass is 16.5. The maximum Gasteiger partial charge on any atom is 0.262 e. The number of isocyanates is 1. The third-order valence-electron chi connectivity index (χ3n) is 3.14. The van der Waals surface area contributed by atoms with Crippen LogP contribution in [0.25, 0.3) is 0 Å². The van der Waals surface area contributed by atoms with E-state index in [0.29, 0.717) is 11.4 Å². The predicted octanol–water partition coefficient (Wildman–Crippen LogP) is 1.34. The van der Waals surface area contributed by atoms with E-state index in [9.17, 15) is 9.59 Å². The molecule has 0 spiro atoms. The first kappa shape index (κ1) is 10.1. The highest BCUT2D eigenvalue weighted by Crippen LogP contribution is 2.50. The first-order valence-corrected chi connectivity index (χ1v) is 5.40. The second-order valence-electron chi connectivity index (χ2n) is 4.28. The summed E-state index contributed by atoms with van der Waals surface area (Å²) >= 11 is 0. The van der Waals surface area contributed by atoms with Gasteiger partial charge in [0.1, 0.15) is 5.75 Å². The van der Waals surface area contributed by atoms with E-state index >= 15 is 0 Å². The average molecular weight is 230 g/mol. The third kappa shape index (κ3) is 1.61. The molecule has 1 amide bonds. The van der Waals surface area contributed by atoms with E-state index in [-0.39, 0.29) is 12.5 Å². The molecule has 1 heterocycles. The summed E-state index contributed by atoms with van der Waals surface area (Å²) in [5.41, 5.74) is 1.20. The molecule has 1 aliphatic carbocycles. The normalized spacial score (nSPS) is 19.4. The fraction of sp³-hybridized carbons (Fsp3) is 0.333. The SMILES string of the molecule is O=C=NC1(c2ccc3c(c2)OCC(=O)N3)CC1. The summed E-state index contributed by atoms with van der Waals surface area (Å²) in [6.45, 7) is 0.0282. The van der Waals surface area contributed by atoms with E-state index in [2.05, 4.69) is 10.3 Å². The maximum atomic E-state index is 11.1. The Labute approximate surface area is 97.5 Å². The molecule has 0 saturated heterocycles. The van der Waals surface area contributed by atoms with Gasteiger partial charge in [0, 0.05) is 0 Å². The van der Waals surface area contributed by atoms with Crippen molar-refractivity contribution in [2.45, 2.75) is 18.4 Å². The lowest BCUT2D eigenvalue weighted by molar-refractivity contribution is -0.118. The Bertz CT molecular complexity index is 543. The van der Waals surface area contributed by atoms with Crippen LogP contribution in [-0.2, 0) is 15.1 Å². The van der Waals surface area contributed by atoms with Gasteiger partial charge < -0.3 is 10.1 Å². The van der Waals surface area contributed by atoms with Gasteiger partial charge in [-0.05, 0) is 30.5 Å². The van der Waals surface area contributed by atoms with Crippen LogP contribution in [0.1, 0.15) is 18.4 Å². The second-order valence-corrected chi connectivity index (χ2v) is 4.28. The molecule has 1 aliphatic heterocycles. The minimum Gasteiger partial charge on any atom is -0.482 e. The smallest absolute Gasteiger partial charge is 0.262 e. The van der Waals surface area contributed by atoms with Crippen LogP contribution in [0.3, 0.4) is 0 Å². The number of rotatable bonds is 2. The molecule has 0 atom stereocenters. The lowest BCUT2D eigenvalue weighted by Gasteiger charge is -2.19. The van der Waals surface area contributed by atoms with E-state index in [0.717, 1.165) is 18.4 Å². The van der Waals surface area contributed by atoms with Crippen LogP contribution in [-0.4, -0.2) is 18.6 Å². The monoisotopic (exact) mass is 230 g/mol. The van der Waals surface area contributed by atoms with Crippen LogP contribution >= 0.6 is 0 Å². The lowest BCUT2D eigenvalue weighted by Crippen LogP contribution is -2.25. The number of nitrogens with zero attached hydrogens (tertiary/aromatic N) is 1. The van der Waals surface area contributed by atoms with Crippen molar-refractivity contribution in [2.75, 3.05) is 11.9 Å². The summed E-state index contributed by atoms with van der Waals surface area (Å²) in [7, 11) is 0. The van der Waals surface area contributed by atoms with Gasteiger partial charge >= 0.3 is 0 Å². The zero-order chi connectivity index (χ0) is 11.9. The largest absolute Gasteiger partial charge is 0.482 e. The minimum atomic E-state index is -0.401. The van der Waals surface area contributed by atoms with Crippen molar-refractivity contribution in [2.24, 2.45) is 4.99 Å². The fourth-order valence-electron chi connectivity index (χ4n) is 2.03. The molecule has 86 valence electrons. The summed E-state index contributed by atoms with van der Waals surface area (Å²) in [4.78, 5) is 25.4. The maximum absolute atomic E-state index is 11.1.